The maximum Gasteiger partial charge on any atom is 0.276 e. The molecule has 0 saturated carbocycles. The van der Waals surface area contributed by atoms with Gasteiger partial charge < -0.3 is 5.32 Å². The fourth-order valence-electron chi connectivity index (χ4n) is 0.115. The molecule has 4 heteroatoms. The van der Waals surface area contributed by atoms with Crippen molar-refractivity contribution in [2.24, 2.45) is 0 Å². The van der Waals surface area contributed by atoms with Gasteiger partial charge in [-0.05, 0) is 0 Å². The minimum atomic E-state index is -0.471. The van der Waals surface area contributed by atoms with Crippen LogP contribution in [0.15, 0.2) is 0 Å². The van der Waals surface area contributed by atoms with Gasteiger partial charge in [0.25, 0.3) is 5.24 Å². The van der Waals surface area contributed by atoms with Crippen molar-refractivity contribution in [2.75, 3.05) is 6.54 Å². The van der Waals surface area contributed by atoms with Gasteiger partial charge in [-0.1, -0.05) is 12.6 Å². The van der Waals surface area contributed by atoms with E-state index in [2.05, 4.69) is 17.9 Å². The van der Waals surface area contributed by atoms with Crippen LogP contribution < -0.4 is 5.32 Å². The third-order valence-corrected chi connectivity index (χ3v) is 0.477. The first-order valence-electron chi connectivity index (χ1n) is 1.61. The molecule has 0 aromatic rings. The molecule has 0 spiro atoms. The highest BCUT2D eigenvalue weighted by Gasteiger charge is 1.84. The second-order valence-electron chi connectivity index (χ2n) is 0.817. The van der Waals surface area contributed by atoms with Crippen LogP contribution in [-0.4, -0.2) is 11.8 Å². The second-order valence-corrected chi connectivity index (χ2v) is 1.22. The van der Waals surface area contributed by atoms with Crippen molar-refractivity contribution in [2.45, 2.75) is 0 Å². The number of rotatable bonds is 1. The zero-order valence-electron chi connectivity index (χ0n) is 3.51. The van der Waals surface area contributed by atoms with Gasteiger partial charge in [-0.25, -0.2) is 0 Å². The van der Waals surface area contributed by atoms with Crippen molar-refractivity contribution >= 4 is 17.9 Å². The summed E-state index contributed by atoms with van der Waals surface area (Å²) in [6.07, 6.45) is 0. The van der Waals surface area contributed by atoms with Crippen LogP contribution in [0.4, 0.5) is 4.79 Å². The number of carbonyl (C=O) groups is 1. The monoisotopic (exact) mass is 116 g/mol. The van der Waals surface area contributed by atoms with Crippen molar-refractivity contribution in [3.05, 3.63) is 0 Å². The molecule has 38 valence electrons. The lowest BCUT2D eigenvalue weighted by atomic mass is 10.7. The zero-order chi connectivity index (χ0) is 5.70. The third-order valence-electron chi connectivity index (χ3n) is 0.319. The fourth-order valence-corrected chi connectivity index (χ4v) is 0.194. The molecule has 0 heterocycles. The van der Waals surface area contributed by atoms with Crippen LogP contribution in [0.5, 0.6) is 0 Å². The zero-order valence-corrected chi connectivity index (χ0v) is 4.40. The van der Waals surface area contributed by atoms with E-state index in [1.807, 2.05) is 0 Å². The van der Waals surface area contributed by atoms with Gasteiger partial charge in [0, 0.05) is 0 Å². The van der Waals surface area contributed by atoms with E-state index in [9.17, 15) is 4.79 Å². The largest absolute Gasteiger partial charge is 0.334 e. The Morgan fingerprint density at radius 1 is 2.00 bits per heavy atom. The normalized spacial score (nSPS) is 6.86. The summed E-state index contributed by atoms with van der Waals surface area (Å²) in [6, 6.07) is 1.72. The van der Waals surface area contributed by atoms with Crippen LogP contribution in [-0.2, 0) is 0 Å². The molecule has 0 radical (unpaired) electrons. The Morgan fingerprint density at radius 2 is 2.57 bits per heavy atom. The van der Waals surface area contributed by atoms with E-state index in [1.165, 1.54) is 0 Å². The van der Waals surface area contributed by atoms with Crippen LogP contribution in [0.2, 0.25) is 0 Å². The van der Waals surface area contributed by atoms with Crippen LogP contribution in [0, 0.1) is 11.3 Å². The smallest absolute Gasteiger partial charge is 0.276 e. The molecule has 0 aliphatic heterocycles. The lowest BCUT2D eigenvalue weighted by Crippen LogP contribution is -2.15. The molecule has 1 N–H and O–H groups in total. The molecule has 0 unspecified atom stereocenters. The first-order valence-corrected chi connectivity index (χ1v) is 2.06. The lowest BCUT2D eigenvalue weighted by Gasteiger charge is -1.85. The summed E-state index contributed by atoms with van der Waals surface area (Å²) < 4.78 is 0. The highest BCUT2D eigenvalue weighted by atomic mass is 32.1. The highest BCUT2D eigenvalue weighted by Crippen LogP contribution is 1.71. The van der Waals surface area contributed by atoms with Crippen LogP contribution in [0.25, 0.3) is 0 Å². The number of thiol groups is 1. The number of nitrogens with zero attached hydrogens (tertiary/aromatic N) is 1. The molecule has 7 heavy (non-hydrogen) atoms. The summed E-state index contributed by atoms with van der Waals surface area (Å²) in [4.78, 5) is 9.80. The molecule has 0 fully saturated rings. The van der Waals surface area contributed by atoms with Gasteiger partial charge in [0.2, 0.25) is 0 Å². The number of carbonyl (C=O) groups excluding carboxylic acids is 1. The average Bonchev–Trinajstić information content (AvgIpc) is 1.61. The Labute approximate surface area is 46.7 Å². The summed E-state index contributed by atoms with van der Waals surface area (Å²) in [7, 11) is 0. The maximum absolute atomic E-state index is 9.80. The molecule has 0 rings (SSSR count). The molecule has 1 amide bonds. The lowest BCUT2D eigenvalue weighted by molar-refractivity contribution is 0.262. The van der Waals surface area contributed by atoms with Crippen molar-refractivity contribution in [1.29, 1.82) is 5.26 Å². The predicted molar refractivity (Wildman–Crippen MR) is 28.0 cm³/mol. The summed E-state index contributed by atoms with van der Waals surface area (Å²) in [5.74, 6) is 0. The Kier molecular flexibility index (Phi) is 3.15. The Balaban J connectivity index is 3.02. The minimum absolute atomic E-state index is 0.0301. The van der Waals surface area contributed by atoms with E-state index < -0.39 is 5.24 Å². The topological polar surface area (TPSA) is 52.9 Å². The van der Waals surface area contributed by atoms with Gasteiger partial charge in [0.05, 0.1) is 6.07 Å². The third kappa shape index (κ3) is 5.31. The van der Waals surface area contributed by atoms with Gasteiger partial charge in [0.1, 0.15) is 6.54 Å². The summed E-state index contributed by atoms with van der Waals surface area (Å²) in [5, 5.41) is 9.51. The van der Waals surface area contributed by atoms with Gasteiger partial charge in [-0.3, -0.25) is 4.79 Å². The molecule has 0 aromatic carbocycles. The van der Waals surface area contributed by atoms with E-state index in [0.29, 0.717) is 0 Å². The minimum Gasteiger partial charge on any atom is -0.334 e. The fraction of sp³-hybridized carbons (Fsp3) is 0.333. The molecule has 0 aliphatic rings. The van der Waals surface area contributed by atoms with Gasteiger partial charge >= 0.3 is 0 Å². The van der Waals surface area contributed by atoms with Gasteiger partial charge in [-0.15, -0.1) is 0 Å². The second kappa shape index (κ2) is 3.50. The quantitative estimate of drug-likeness (QED) is 0.378. The Hall–Kier alpha value is -0.690. The Bertz CT molecular complexity index is 106. The van der Waals surface area contributed by atoms with E-state index in [4.69, 9.17) is 5.26 Å². The molecule has 3 nitrogen and oxygen atoms in total. The van der Waals surface area contributed by atoms with Crippen LogP contribution in [0.3, 0.4) is 0 Å². The maximum atomic E-state index is 9.80. The number of amides is 1. The highest BCUT2D eigenvalue weighted by molar-refractivity contribution is 7.96. The number of hydrogen-bond acceptors (Lipinski definition) is 2. The van der Waals surface area contributed by atoms with Crippen molar-refractivity contribution < 1.29 is 4.79 Å². The van der Waals surface area contributed by atoms with E-state index in [1.54, 1.807) is 6.07 Å². The van der Waals surface area contributed by atoms with Crippen LogP contribution >= 0.6 is 12.6 Å². The molecule has 0 aromatic heterocycles. The van der Waals surface area contributed by atoms with Crippen molar-refractivity contribution in [3.63, 3.8) is 0 Å². The summed E-state index contributed by atoms with van der Waals surface area (Å²) in [6.45, 7) is 0.0301. The van der Waals surface area contributed by atoms with Crippen molar-refractivity contribution in [3.8, 4) is 6.07 Å². The first kappa shape index (κ1) is 6.31. The Morgan fingerprint density at radius 3 is 2.71 bits per heavy atom. The SMILES string of the molecule is N#CCNC(=O)S. The molecule has 0 bridgehead atoms. The van der Waals surface area contributed by atoms with E-state index >= 15 is 0 Å². The summed E-state index contributed by atoms with van der Waals surface area (Å²) >= 11 is 3.33. The number of hydrogen-bond donors (Lipinski definition) is 2. The van der Waals surface area contributed by atoms with Gasteiger partial charge in [0.15, 0.2) is 0 Å². The average molecular weight is 116 g/mol. The first-order chi connectivity index (χ1) is 3.27. The van der Waals surface area contributed by atoms with Crippen LogP contribution in [0.1, 0.15) is 0 Å². The molecular weight excluding hydrogens is 112 g/mol. The standard InChI is InChI=1S/C3H4N2OS/c4-1-2-5-3(6)7/h2H2,(H2,5,6,7). The molecule has 0 aliphatic carbocycles. The molecule has 0 atom stereocenters. The van der Waals surface area contributed by atoms with E-state index in [-0.39, 0.29) is 6.54 Å². The van der Waals surface area contributed by atoms with Gasteiger partial charge in [-0.2, -0.15) is 5.26 Å². The molecule has 0 saturated heterocycles. The number of nitrogens with one attached hydrogen (secondary N) is 1. The predicted octanol–water partition coefficient (Wildman–Crippen LogP) is 0.149. The number of nitriles is 1. The van der Waals surface area contributed by atoms with E-state index in [0.717, 1.165) is 0 Å². The van der Waals surface area contributed by atoms with Crippen molar-refractivity contribution in [1.82, 2.24) is 5.32 Å². The summed E-state index contributed by atoms with van der Waals surface area (Å²) in [5.41, 5.74) is 0. The molecular formula is C3H4N2OS.